The maximum atomic E-state index is 12.4. The first-order valence-electron chi connectivity index (χ1n) is 7.90. The smallest absolute Gasteiger partial charge is 0.227 e. The number of hydrogen-bond acceptors (Lipinski definition) is 3. The zero-order chi connectivity index (χ0) is 16.2. The molecular formula is C19H23ClN2O2. The second-order valence-electron chi connectivity index (χ2n) is 5.92. The molecule has 0 aromatic heterocycles. The summed E-state index contributed by atoms with van der Waals surface area (Å²) < 4.78 is 5.15. The summed E-state index contributed by atoms with van der Waals surface area (Å²) in [5, 5.41) is 6.36. The van der Waals surface area contributed by atoms with Crippen molar-refractivity contribution in [2.24, 2.45) is 0 Å². The van der Waals surface area contributed by atoms with Gasteiger partial charge in [0.15, 0.2) is 0 Å². The second kappa shape index (κ2) is 8.18. The van der Waals surface area contributed by atoms with Crippen LogP contribution in [0.3, 0.4) is 0 Å². The second-order valence-corrected chi connectivity index (χ2v) is 5.92. The molecule has 5 heteroatoms. The summed E-state index contributed by atoms with van der Waals surface area (Å²) in [7, 11) is 1.64. The molecule has 24 heavy (non-hydrogen) atoms. The molecule has 2 aromatic carbocycles. The summed E-state index contributed by atoms with van der Waals surface area (Å²) in [5.41, 5.74) is 4.82. The van der Waals surface area contributed by atoms with Crippen LogP contribution in [0, 0.1) is 0 Å². The van der Waals surface area contributed by atoms with Crippen molar-refractivity contribution >= 4 is 18.3 Å². The fourth-order valence-corrected chi connectivity index (χ4v) is 2.84. The molecule has 1 aliphatic rings. The number of nitrogens with one attached hydrogen (secondary N) is 2. The largest absolute Gasteiger partial charge is 0.497 e. The summed E-state index contributed by atoms with van der Waals surface area (Å²) in [5.74, 6) is 0.652. The third-order valence-corrected chi connectivity index (χ3v) is 4.38. The van der Waals surface area contributed by atoms with Crippen molar-refractivity contribution in [1.29, 1.82) is 0 Å². The number of carbonyl (C=O) groups excluding carboxylic acids is 1. The van der Waals surface area contributed by atoms with E-state index >= 15 is 0 Å². The topological polar surface area (TPSA) is 50.4 Å². The van der Waals surface area contributed by atoms with Gasteiger partial charge in [-0.3, -0.25) is 4.79 Å². The Morgan fingerprint density at radius 1 is 1.17 bits per heavy atom. The third-order valence-electron chi connectivity index (χ3n) is 4.38. The molecule has 1 heterocycles. The van der Waals surface area contributed by atoms with Crippen molar-refractivity contribution in [3.05, 3.63) is 64.7 Å². The lowest BCUT2D eigenvalue weighted by Gasteiger charge is -2.13. The van der Waals surface area contributed by atoms with Crippen molar-refractivity contribution in [1.82, 2.24) is 10.6 Å². The molecule has 0 fully saturated rings. The molecule has 0 spiro atoms. The number of amides is 1. The number of hydrogen-bond donors (Lipinski definition) is 2. The molecule has 1 unspecified atom stereocenters. The molecule has 4 nitrogen and oxygen atoms in total. The van der Waals surface area contributed by atoms with Crippen molar-refractivity contribution in [3.8, 4) is 5.75 Å². The molecule has 2 aromatic rings. The maximum Gasteiger partial charge on any atom is 0.227 e. The van der Waals surface area contributed by atoms with Gasteiger partial charge in [-0.05, 0) is 41.3 Å². The minimum Gasteiger partial charge on any atom is -0.497 e. The van der Waals surface area contributed by atoms with Gasteiger partial charge < -0.3 is 15.4 Å². The van der Waals surface area contributed by atoms with Crippen molar-refractivity contribution < 1.29 is 9.53 Å². The maximum absolute atomic E-state index is 12.4. The van der Waals surface area contributed by atoms with Crippen LogP contribution in [0.15, 0.2) is 42.5 Å². The van der Waals surface area contributed by atoms with Crippen LogP contribution in [0.1, 0.15) is 35.1 Å². The molecule has 0 radical (unpaired) electrons. The van der Waals surface area contributed by atoms with E-state index in [-0.39, 0.29) is 24.2 Å². The van der Waals surface area contributed by atoms with Crippen molar-refractivity contribution in [3.63, 3.8) is 0 Å². The summed E-state index contributed by atoms with van der Waals surface area (Å²) in [4.78, 5) is 12.4. The van der Waals surface area contributed by atoms with E-state index in [1.807, 2.05) is 31.2 Å². The standard InChI is InChI=1S/C19H22N2O2.ClH/c1-13(15-5-7-18(23-2)8-6-15)19(22)21-10-14-3-4-16-11-20-12-17(16)9-14;/h3-9,13,20H,10-12H2,1-2H3,(H,21,22);1H. The lowest BCUT2D eigenvalue weighted by Crippen LogP contribution is -2.27. The van der Waals surface area contributed by atoms with Crippen molar-refractivity contribution in [2.45, 2.75) is 32.5 Å². The van der Waals surface area contributed by atoms with Crippen LogP contribution in [0.4, 0.5) is 0 Å². The highest BCUT2D eigenvalue weighted by molar-refractivity contribution is 5.85. The molecule has 0 saturated heterocycles. The molecule has 1 amide bonds. The Morgan fingerprint density at radius 2 is 1.88 bits per heavy atom. The Morgan fingerprint density at radius 3 is 2.58 bits per heavy atom. The molecule has 3 rings (SSSR count). The van der Waals surface area contributed by atoms with E-state index in [9.17, 15) is 4.79 Å². The first-order chi connectivity index (χ1) is 11.2. The molecule has 1 atom stereocenters. The van der Waals surface area contributed by atoms with Crippen LogP contribution < -0.4 is 15.4 Å². The van der Waals surface area contributed by atoms with Gasteiger partial charge in [0.25, 0.3) is 0 Å². The van der Waals surface area contributed by atoms with Crippen LogP contribution >= 0.6 is 12.4 Å². The highest BCUT2D eigenvalue weighted by atomic mass is 35.5. The van der Waals surface area contributed by atoms with E-state index in [1.165, 1.54) is 11.1 Å². The highest BCUT2D eigenvalue weighted by Crippen LogP contribution is 2.20. The van der Waals surface area contributed by atoms with Gasteiger partial charge >= 0.3 is 0 Å². The van der Waals surface area contributed by atoms with E-state index in [1.54, 1.807) is 7.11 Å². The van der Waals surface area contributed by atoms with Crippen LogP contribution in [-0.2, 0) is 24.4 Å². The molecule has 128 valence electrons. The van der Waals surface area contributed by atoms with Gasteiger partial charge in [-0.2, -0.15) is 0 Å². The van der Waals surface area contributed by atoms with Crippen molar-refractivity contribution in [2.75, 3.05) is 7.11 Å². The zero-order valence-electron chi connectivity index (χ0n) is 14.0. The van der Waals surface area contributed by atoms with Crippen LogP contribution in [0.25, 0.3) is 0 Å². The number of fused-ring (bicyclic) bond motifs is 1. The van der Waals surface area contributed by atoms with Crippen LogP contribution in [0.2, 0.25) is 0 Å². The highest BCUT2D eigenvalue weighted by Gasteiger charge is 2.15. The molecule has 0 bridgehead atoms. The summed E-state index contributed by atoms with van der Waals surface area (Å²) in [6.45, 7) is 4.34. The molecule has 0 aliphatic carbocycles. The minimum atomic E-state index is -0.183. The lowest BCUT2D eigenvalue weighted by atomic mass is 10.00. The van der Waals surface area contributed by atoms with E-state index in [0.29, 0.717) is 6.54 Å². The van der Waals surface area contributed by atoms with Gasteiger partial charge in [0.1, 0.15) is 5.75 Å². The van der Waals surface area contributed by atoms with Crippen LogP contribution in [0.5, 0.6) is 5.75 Å². The number of ether oxygens (including phenoxy) is 1. The Hall–Kier alpha value is -2.04. The van der Waals surface area contributed by atoms with E-state index in [2.05, 4.69) is 28.8 Å². The summed E-state index contributed by atoms with van der Waals surface area (Å²) >= 11 is 0. The number of halogens is 1. The van der Waals surface area contributed by atoms with Crippen LogP contribution in [-0.4, -0.2) is 13.0 Å². The SMILES string of the molecule is COc1ccc(C(C)C(=O)NCc2ccc3c(c2)CNC3)cc1.Cl. The lowest BCUT2D eigenvalue weighted by molar-refractivity contribution is -0.122. The quantitative estimate of drug-likeness (QED) is 0.874. The number of benzene rings is 2. The molecular weight excluding hydrogens is 324 g/mol. The van der Waals surface area contributed by atoms with E-state index < -0.39 is 0 Å². The monoisotopic (exact) mass is 346 g/mol. The third kappa shape index (κ3) is 4.08. The Kier molecular flexibility index (Phi) is 6.23. The Balaban J connectivity index is 0.00000208. The fraction of sp³-hybridized carbons (Fsp3) is 0.316. The summed E-state index contributed by atoms with van der Waals surface area (Å²) in [6, 6.07) is 14.0. The van der Waals surface area contributed by atoms with Gasteiger partial charge in [-0.1, -0.05) is 30.3 Å². The first-order valence-corrected chi connectivity index (χ1v) is 7.90. The molecule has 0 saturated carbocycles. The number of methoxy groups -OCH3 is 1. The Labute approximate surface area is 149 Å². The summed E-state index contributed by atoms with van der Waals surface area (Å²) in [6.07, 6.45) is 0. The van der Waals surface area contributed by atoms with Gasteiger partial charge in [-0.15, -0.1) is 12.4 Å². The van der Waals surface area contributed by atoms with Gasteiger partial charge in [-0.25, -0.2) is 0 Å². The fourth-order valence-electron chi connectivity index (χ4n) is 2.84. The van der Waals surface area contributed by atoms with E-state index in [4.69, 9.17) is 4.74 Å². The zero-order valence-corrected chi connectivity index (χ0v) is 14.8. The predicted octanol–water partition coefficient (Wildman–Crippen LogP) is 3.14. The normalized spacial score (nSPS) is 13.6. The average molecular weight is 347 g/mol. The van der Waals surface area contributed by atoms with Gasteiger partial charge in [0.2, 0.25) is 5.91 Å². The average Bonchev–Trinajstić information content (AvgIpc) is 3.06. The van der Waals surface area contributed by atoms with Gasteiger partial charge in [0.05, 0.1) is 13.0 Å². The number of carbonyl (C=O) groups is 1. The first kappa shape index (κ1) is 18.3. The Bertz CT molecular complexity index is 701. The molecule has 2 N–H and O–H groups in total. The molecule has 1 aliphatic heterocycles. The van der Waals surface area contributed by atoms with Gasteiger partial charge in [0, 0.05) is 19.6 Å². The number of rotatable bonds is 5. The predicted molar refractivity (Wildman–Crippen MR) is 97.5 cm³/mol. The minimum absolute atomic E-state index is 0. The van der Waals surface area contributed by atoms with E-state index in [0.717, 1.165) is 30.0 Å².